The van der Waals surface area contributed by atoms with Crippen molar-refractivity contribution in [2.24, 2.45) is 5.92 Å². The Morgan fingerprint density at radius 3 is 2.44 bits per heavy atom. The standard InChI is InChI=1S/C25H28N2O5/c1-32-19-7-8-22-20(14-19)21(15-27(22)16-23(28)29)24(25(30)31)26-11-9-18(10-12-26)13-17-5-3-2-4-6-17/h2-8,14-15,18,24H,9-13,16H2,1H3,(H,28,29)(H,30,31)/t24-/m0/s1. The summed E-state index contributed by atoms with van der Waals surface area (Å²) in [6.45, 7) is 1.14. The van der Waals surface area contributed by atoms with Crippen LogP contribution in [0.2, 0.25) is 0 Å². The number of methoxy groups -OCH3 is 1. The number of nitrogens with zero attached hydrogens (tertiary/aromatic N) is 2. The van der Waals surface area contributed by atoms with E-state index >= 15 is 0 Å². The van der Waals surface area contributed by atoms with E-state index in [2.05, 4.69) is 12.1 Å². The lowest BCUT2D eigenvalue weighted by molar-refractivity contribution is -0.144. The number of likely N-dealkylation sites (tertiary alicyclic amines) is 1. The highest BCUT2D eigenvalue weighted by Crippen LogP contribution is 2.35. The Morgan fingerprint density at radius 2 is 1.81 bits per heavy atom. The summed E-state index contributed by atoms with van der Waals surface area (Å²) < 4.78 is 6.94. The van der Waals surface area contributed by atoms with E-state index < -0.39 is 18.0 Å². The van der Waals surface area contributed by atoms with Crippen LogP contribution in [0.4, 0.5) is 0 Å². The van der Waals surface area contributed by atoms with Gasteiger partial charge in [-0.2, -0.15) is 0 Å². The number of fused-ring (bicyclic) bond motifs is 1. The third-order valence-electron chi connectivity index (χ3n) is 6.33. The van der Waals surface area contributed by atoms with Gasteiger partial charge in [0.2, 0.25) is 0 Å². The van der Waals surface area contributed by atoms with Crippen molar-refractivity contribution in [2.75, 3.05) is 20.2 Å². The van der Waals surface area contributed by atoms with Gasteiger partial charge in [-0.1, -0.05) is 30.3 Å². The molecule has 32 heavy (non-hydrogen) atoms. The van der Waals surface area contributed by atoms with Crippen molar-refractivity contribution in [3.05, 3.63) is 65.9 Å². The zero-order valence-corrected chi connectivity index (χ0v) is 18.1. The van der Waals surface area contributed by atoms with E-state index in [0.717, 1.165) is 19.3 Å². The minimum atomic E-state index is -0.974. The average molecular weight is 437 g/mol. The number of carbonyl (C=O) groups is 2. The van der Waals surface area contributed by atoms with Crippen LogP contribution in [0, 0.1) is 5.92 Å². The van der Waals surface area contributed by atoms with Gasteiger partial charge in [-0.3, -0.25) is 14.5 Å². The fourth-order valence-corrected chi connectivity index (χ4v) is 4.77. The molecule has 1 aliphatic heterocycles. The highest BCUT2D eigenvalue weighted by atomic mass is 16.5. The second-order valence-electron chi connectivity index (χ2n) is 8.40. The Bertz CT molecular complexity index is 1100. The van der Waals surface area contributed by atoms with Gasteiger partial charge in [0.15, 0.2) is 0 Å². The number of rotatable bonds is 8. The van der Waals surface area contributed by atoms with Crippen molar-refractivity contribution in [3.8, 4) is 5.75 Å². The lowest BCUT2D eigenvalue weighted by Crippen LogP contribution is -2.40. The van der Waals surface area contributed by atoms with E-state index in [0.29, 0.717) is 41.2 Å². The number of aromatic nitrogens is 1. The Kier molecular flexibility index (Phi) is 6.46. The fraction of sp³-hybridized carbons (Fsp3) is 0.360. The monoisotopic (exact) mass is 436 g/mol. The quantitative estimate of drug-likeness (QED) is 0.558. The second kappa shape index (κ2) is 9.44. The molecule has 2 aromatic carbocycles. The summed E-state index contributed by atoms with van der Waals surface area (Å²) in [5, 5.41) is 20.2. The molecule has 1 saturated heterocycles. The zero-order valence-electron chi connectivity index (χ0n) is 18.1. The molecule has 0 amide bonds. The predicted octanol–water partition coefficient (Wildman–Crippen LogP) is 3.81. The number of carboxylic acids is 2. The van der Waals surface area contributed by atoms with Gasteiger partial charge in [-0.05, 0) is 62.0 Å². The van der Waals surface area contributed by atoms with Crippen molar-refractivity contribution >= 4 is 22.8 Å². The molecule has 1 aromatic heterocycles. The molecular formula is C25H28N2O5. The first kappa shape index (κ1) is 21.9. The van der Waals surface area contributed by atoms with Gasteiger partial charge in [-0.15, -0.1) is 0 Å². The van der Waals surface area contributed by atoms with Crippen molar-refractivity contribution < 1.29 is 24.5 Å². The van der Waals surface area contributed by atoms with Crippen LogP contribution in [0.5, 0.6) is 5.75 Å². The Balaban J connectivity index is 1.60. The van der Waals surface area contributed by atoms with Gasteiger partial charge >= 0.3 is 11.9 Å². The van der Waals surface area contributed by atoms with Crippen molar-refractivity contribution in [3.63, 3.8) is 0 Å². The molecule has 3 aromatic rings. The molecule has 1 aliphatic rings. The Hall–Kier alpha value is -3.32. The molecule has 7 heteroatoms. The van der Waals surface area contributed by atoms with E-state index in [-0.39, 0.29) is 6.54 Å². The molecular weight excluding hydrogens is 408 g/mol. The third-order valence-corrected chi connectivity index (χ3v) is 6.33. The van der Waals surface area contributed by atoms with Crippen molar-refractivity contribution in [1.82, 2.24) is 9.47 Å². The predicted molar refractivity (Wildman–Crippen MR) is 121 cm³/mol. The van der Waals surface area contributed by atoms with E-state index in [1.807, 2.05) is 23.1 Å². The van der Waals surface area contributed by atoms with Crippen LogP contribution >= 0.6 is 0 Å². The van der Waals surface area contributed by atoms with Crippen LogP contribution in [0.3, 0.4) is 0 Å². The first-order valence-electron chi connectivity index (χ1n) is 10.9. The molecule has 0 bridgehead atoms. The summed E-state index contributed by atoms with van der Waals surface area (Å²) >= 11 is 0. The molecule has 1 atom stereocenters. The van der Waals surface area contributed by atoms with Gasteiger partial charge in [-0.25, -0.2) is 0 Å². The molecule has 1 fully saturated rings. The number of hydrogen-bond acceptors (Lipinski definition) is 4. The van der Waals surface area contributed by atoms with Crippen LogP contribution < -0.4 is 4.74 Å². The van der Waals surface area contributed by atoms with Gasteiger partial charge in [0.05, 0.1) is 7.11 Å². The van der Waals surface area contributed by atoms with Gasteiger partial charge in [0.25, 0.3) is 0 Å². The van der Waals surface area contributed by atoms with E-state index in [9.17, 15) is 19.8 Å². The van der Waals surface area contributed by atoms with Gasteiger partial charge in [0.1, 0.15) is 18.3 Å². The second-order valence-corrected chi connectivity index (χ2v) is 8.40. The molecule has 4 rings (SSSR count). The maximum absolute atomic E-state index is 12.4. The minimum Gasteiger partial charge on any atom is -0.497 e. The normalized spacial score (nSPS) is 16.2. The Labute approximate surface area is 186 Å². The lowest BCUT2D eigenvalue weighted by atomic mass is 9.89. The highest BCUT2D eigenvalue weighted by Gasteiger charge is 2.33. The molecule has 0 aliphatic carbocycles. The van der Waals surface area contributed by atoms with Crippen LogP contribution in [0.1, 0.15) is 30.0 Å². The third kappa shape index (κ3) is 4.62. The summed E-state index contributed by atoms with van der Waals surface area (Å²) in [7, 11) is 1.56. The van der Waals surface area contributed by atoms with E-state index in [1.54, 1.807) is 36.1 Å². The zero-order chi connectivity index (χ0) is 22.7. The number of carboxylic acid groups (broad SMARTS) is 2. The molecule has 168 valence electrons. The SMILES string of the molecule is COc1ccc2c(c1)c([C@@H](C(=O)O)N1CCC(Cc3ccccc3)CC1)cn2CC(=O)O. The number of hydrogen-bond donors (Lipinski definition) is 2. The molecule has 2 heterocycles. The minimum absolute atomic E-state index is 0.228. The fourth-order valence-electron chi connectivity index (χ4n) is 4.77. The first-order valence-corrected chi connectivity index (χ1v) is 10.9. The summed E-state index contributed by atoms with van der Waals surface area (Å²) in [5.74, 6) is -0.768. The lowest BCUT2D eigenvalue weighted by Gasteiger charge is -2.35. The summed E-state index contributed by atoms with van der Waals surface area (Å²) in [5.41, 5.74) is 2.60. The first-order chi connectivity index (χ1) is 15.5. The van der Waals surface area contributed by atoms with Crippen LogP contribution in [0.25, 0.3) is 10.9 Å². The molecule has 0 radical (unpaired) electrons. The van der Waals surface area contributed by atoms with Crippen LogP contribution in [0.15, 0.2) is 54.7 Å². The topological polar surface area (TPSA) is 92.0 Å². The van der Waals surface area contributed by atoms with Gasteiger partial charge < -0.3 is 19.5 Å². The number of benzene rings is 2. The molecule has 7 nitrogen and oxygen atoms in total. The van der Waals surface area contributed by atoms with Crippen molar-refractivity contribution in [2.45, 2.75) is 31.8 Å². The largest absolute Gasteiger partial charge is 0.497 e. The van der Waals surface area contributed by atoms with E-state index in [1.165, 1.54) is 5.56 Å². The summed E-state index contributed by atoms with van der Waals surface area (Å²) in [4.78, 5) is 25.8. The van der Waals surface area contributed by atoms with E-state index in [4.69, 9.17) is 4.74 Å². The van der Waals surface area contributed by atoms with Gasteiger partial charge in [0, 0.05) is 22.7 Å². The number of piperidine rings is 1. The number of aliphatic carboxylic acids is 2. The van der Waals surface area contributed by atoms with Crippen LogP contribution in [-0.2, 0) is 22.6 Å². The average Bonchev–Trinajstić information content (AvgIpc) is 3.12. The smallest absolute Gasteiger partial charge is 0.325 e. The van der Waals surface area contributed by atoms with Crippen LogP contribution in [-0.4, -0.2) is 51.8 Å². The summed E-state index contributed by atoms with van der Waals surface area (Å²) in [6.07, 6.45) is 4.53. The van der Waals surface area contributed by atoms with Crippen molar-refractivity contribution in [1.29, 1.82) is 0 Å². The number of ether oxygens (including phenoxy) is 1. The summed E-state index contributed by atoms with van der Waals surface area (Å²) in [6, 6.07) is 14.9. The maximum Gasteiger partial charge on any atom is 0.325 e. The molecule has 2 N–H and O–H groups in total. The Morgan fingerprint density at radius 1 is 1.09 bits per heavy atom. The maximum atomic E-state index is 12.4. The molecule has 0 saturated carbocycles. The molecule has 0 unspecified atom stereocenters. The molecule has 0 spiro atoms. The highest BCUT2D eigenvalue weighted by molar-refractivity contribution is 5.91.